The maximum atomic E-state index is 12.4. The Hall–Kier alpha value is -2.12. The zero-order valence-corrected chi connectivity index (χ0v) is 11.5. The van der Waals surface area contributed by atoms with Crippen LogP contribution in [0.15, 0.2) is 18.3 Å². The highest BCUT2D eigenvalue weighted by Crippen LogP contribution is 2.28. The van der Waals surface area contributed by atoms with Gasteiger partial charge in [0.05, 0.1) is 5.56 Å². The summed E-state index contributed by atoms with van der Waals surface area (Å²) in [5.41, 5.74) is -2.70. The molecule has 0 bridgehead atoms. The van der Waals surface area contributed by atoms with E-state index < -0.39 is 29.2 Å². The minimum Gasteiger partial charge on any atom is -0.480 e. The number of hydrogen-bond donors (Lipinski definition) is 2. The molecule has 21 heavy (non-hydrogen) atoms. The number of nitrogens with one attached hydrogen (secondary N) is 1. The molecular weight excluding hydrogens is 289 g/mol. The smallest absolute Gasteiger partial charge is 0.417 e. The van der Waals surface area contributed by atoms with Crippen molar-refractivity contribution >= 4 is 11.9 Å². The number of halogens is 3. The van der Waals surface area contributed by atoms with Crippen LogP contribution in [0.4, 0.5) is 13.2 Å². The minimum atomic E-state index is -4.54. The number of hydrogen-bond acceptors (Lipinski definition) is 3. The zero-order valence-electron chi connectivity index (χ0n) is 11.5. The van der Waals surface area contributed by atoms with Crippen molar-refractivity contribution in [2.45, 2.75) is 38.4 Å². The topological polar surface area (TPSA) is 79.3 Å². The number of nitrogens with zero attached hydrogens (tertiary/aromatic N) is 1. The largest absolute Gasteiger partial charge is 0.480 e. The summed E-state index contributed by atoms with van der Waals surface area (Å²) in [7, 11) is 0. The second kappa shape index (κ2) is 6.11. The Morgan fingerprint density at radius 1 is 1.24 bits per heavy atom. The van der Waals surface area contributed by atoms with Crippen molar-refractivity contribution < 1.29 is 27.9 Å². The Morgan fingerprint density at radius 2 is 1.81 bits per heavy atom. The van der Waals surface area contributed by atoms with E-state index in [9.17, 15) is 27.9 Å². The van der Waals surface area contributed by atoms with Crippen LogP contribution in [0, 0.1) is 0 Å². The predicted octanol–water partition coefficient (Wildman–Crippen LogP) is 2.47. The van der Waals surface area contributed by atoms with Gasteiger partial charge in [-0.1, -0.05) is 13.8 Å². The Balaban J connectivity index is 2.96. The van der Waals surface area contributed by atoms with Crippen LogP contribution in [0.25, 0.3) is 0 Å². The third-order valence-corrected chi connectivity index (χ3v) is 3.29. The number of carboxylic acid groups (broad SMARTS) is 1. The minimum absolute atomic E-state index is 0.144. The molecule has 0 saturated heterocycles. The molecule has 0 spiro atoms. The third-order valence-electron chi connectivity index (χ3n) is 3.29. The number of alkyl halides is 3. The average molecular weight is 304 g/mol. The van der Waals surface area contributed by atoms with Crippen molar-refractivity contribution in [2.24, 2.45) is 0 Å². The molecule has 116 valence electrons. The van der Waals surface area contributed by atoms with Gasteiger partial charge in [-0.05, 0) is 25.0 Å². The zero-order chi connectivity index (χ0) is 16.3. The Morgan fingerprint density at radius 3 is 2.14 bits per heavy atom. The summed E-state index contributed by atoms with van der Waals surface area (Å²) < 4.78 is 37.2. The summed E-state index contributed by atoms with van der Waals surface area (Å²) in [4.78, 5) is 26.6. The molecule has 1 aromatic rings. The first-order valence-corrected chi connectivity index (χ1v) is 6.25. The maximum Gasteiger partial charge on any atom is 0.417 e. The molecule has 0 aromatic carbocycles. The molecule has 0 saturated carbocycles. The molecule has 1 aromatic heterocycles. The van der Waals surface area contributed by atoms with Gasteiger partial charge in [-0.3, -0.25) is 9.78 Å². The molecule has 0 unspecified atom stereocenters. The van der Waals surface area contributed by atoms with Crippen LogP contribution in [0.3, 0.4) is 0 Å². The summed E-state index contributed by atoms with van der Waals surface area (Å²) in [5.74, 6) is -2.03. The van der Waals surface area contributed by atoms with Gasteiger partial charge in [0.1, 0.15) is 11.2 Å². The lowest BCUT2D eigenvalue weighted by molar-refractivity contribution is -0.144. The second-order valence-electron chi connectivity index (χ2n) is 4.48. The van der Waals surface area contributed by atoms with Gasteiger partial charge in [0.2, 0.25) is 0 Å². The summed E-state index contributed by atoms with van der Waals surface area (Å²) in [6.45, 7) is 3.19. The maximum absolute atomic E-state index is 12.4. The van der Waals surface area contributed by atoms with E-state index in [1.807, 2.05) is 0 Å². The highest BCUT2D eigenvalue weighted by atomic mass is 19.4. The van der Waals surface area contributed by atoms with E-state index in [0.717, 1.165) is 12.1 Å². The van der Waals surface area contributed by atoms with Crippen LogP contribution in [0.1, 0.15) is 42.7 Å². The summed E-state index contributed by atoms with van der Waals surface area (Å²) >= 11 is 0. The predicted molar refractivity (Wildman–Crippen MR) is 67.7 cm³/mol. The van der Waals surface area contributed by atoms with Crippen molar-refractivity contribution in [3.05, 3.63) is 29.6 Å². The van der Waals surface area contributed by atoms with Gasteiger partial charge in [0, 0.05) is 6.20 Å². The van der Waals surface area contributed by atoms with Crippen molar-refractivity contribution in [3.8, 4) is 0 Å². The van der Waals surface area contributed by atoms with Gasteiger partial charge in [0.25, 0.3) is 5.91 Å². The van der Waals surface area contributed by atoms with Gasteiger partial charge in [0.15, 0.2) is 0 Å². The molecule has 0 aliphatic rings. The van der Waals surface area contributed by atoms with Crippen LogP contribution >= 0.6 is 0 Å². The number of aromatic nitrogens is 1. The molecule has 0 atom stereocenters. The van der Waals surface area contributed by atoms with Crippen LogP contribution in [0.5, 0.6) is 0 Å². The number of pyridine rings is 1. The molecule has 2 N–H and O–H groups in total. The summed E-state index contributed by atoms with van der Waals surface area (Å²) in [6.07, 6.45) is -3.72. The number of amides is 1. The molecular formula is C13H15F3N2O3. The number of carboxylic acids is 1. The first-order valence-electron chi connectivity index (χ1n) is 6.25. The molecule has 1 rings (SSSR count). The Bertz CT molecular complexity index is 522. The highest BCUT2D eigenvalue weighted by Gasteiger charge is 2.37. The fourth-order valence-electron chi connectivity index (χ4n) is 1.76. The number of rotatable bonds is 5. The lowest BCUT2D eigenvalue weighted by Crippen LogP contribution is -2.53. The number of carbonyl (C=O) groups is 2. The molecule has 0 aliphatic carbocycles. The fourth-order valence-corrected chi connectivity index (χ4v) is 1.76. The monoisotopic (exact) mass is 304 g/mol. The van der Waals surface area contributed by atoms with Crippen LogP contribution in [0.2, 0.25) is 0 Å². The van der Waals surface area contributed by atoms with E-state index >= 15 is 0 Å². The lowest BCUT2D eigenvalue weighted by atomic mass is 9.92. The van der Waals surface area contributed by atoms with Crippen LogP contribution in [-0.4, -0.2) is 27.5 Å². The molecule has 0 aliphatic heterocycles. The summed E-state index contributed by atoms with van der Waals surface area (Å²) in [6, 6.07) is 1.64. The normalized spacial score (nSPS) is 12.0. The van der Waals surface area contributed by atoms with Crippen molar-refractivity contribution in [1.82, 2.24) is 10.3 Å². The quantitative estimate of drug-likeness (QED) is 0.876. The van der Waals surface area contributed by atoms with E-state index in [4.69, 9.17) is 0 Å². The first-order chi connectivity index (χ1) is 9.66. The van der Waals surface area contributed by atoms with E-state index in [2.05, 4.69) is 10.3 Å². The Labute approximate surface area is 119 Å². The molecule has 1 amide bonds. The van der Waals surface area contributed by atoms with E-state index in [1.165, 1.54) is 0 Å². The van der Waals surface area contributed by atoms with Crippen LogP contribution in [-0.2, 0) is 11.0 Å². The SMILES string of the molecule is CCC(CC)(NC(=O)c1ccc(C(F)(F)F)cn1)C(=O)O. The van der Waals surface area contributed by atoms with Gasteiger partial charge in [-0.15, -0.1) is 0 Å². The molecule has 0 fully saturated rings. The van der Waals surface area contributed by atoms with Crippen molar-refractivity contribution in [2.75, 3.05) is 0 Å². The number of aliphatic carboxylic acids is 1. The van der Waals surface area contributed by atoms with E-state index in [1.54, 1.807) is 13.8 Å². The third kappa shape index (κ3) is 3.71. The fraction of sp³-hybridized carbons (Fsp3) is 0.462. The van der Waals surface area contributed by atoms with Gasteiger partial charge in [-0.25, -0.2) is 4.79 Å². The second-order valence-corrected chi connectivity index (χ2v) is 4.48. The lowest BCUT2D eigenvalue weighted by Gasteiger charge is -2.27. The van der Waals surface area contributed by atoms with Crippen molar-refractivity contribution in [1.29, 1.82) is 0 Å². The molecule has 8 heteroatoms. The van der Waals surface area contributed by atoms with E-state index in [0.29, 0.717) is 6.20 Å². The van der Waals surface area contributed by atoms with Crippen LogP contribution < -0.4 is 5.32 Å². The average Bonchev–Trinajstić information content (AvgIpc) is 2.43. The number of carbonyl (C=O) groups excluding carboxylic acids is 1. The molecule has 0 radical (unpaired) electrons. The Kier molecular flexibility index (Phi) is 4.93. The standard InChI is InChI=1S/C13H15F3N2O3/c1-3-12(4-2,11(20)21)18-10(19)9-6-5-8(7-17-9)13(14,15)16/h5-7H,3-4H2,1-2H3,(H,18,19)(H,20,21). The van der Waals surface area contributed by atoms with Gasteiger partial charge in [-0.2, -0.15) is 13.2 Å². The van der Waals surface area contributed by atoms with E-state index in [-0.39, 0.29) is 18.5 Å². The molecule has 1 heterocycles. The van der Waals surface area contributed by atoms with Gasteiger partial charge >= 0.3 is 12.1 Å². The highest BCUT2D eigenvalue weighted by molar-refractivity contribution is 5.96. The summed E-state index contributed by atoms with van der Waals surface area (Å²) in [5, 5.41) is 11.5. The first kappa shape index (κ1) is 16.9. The van der Waals surface area contributed by atoms with Gasteiger partial charge < -0.3 is 10.4 Å². The van der Waals surface area contributed by atoms with Crippen molar-refractivity contribution in [3.63, 3.8) is 0 Å². The molecule has 5 nitrogen and oxygen atoms in total.